The quantitative estimate of drug-likeness (QED) is 0.260. The number of terminal acetylenes is 1. The predicted molar refractivity (Wildman–Crippen MR) is 45.2 cm³/mol. The van der Waals surface area contributed by atoms with Gasteiger partial charge >= 0.3 is 0 Å². The Morgan fingerprint density at radius 1 is 1.64 bits per heavy atom. The molecule has 1 aliphatic carbocycles. The maximum atomic E-state index is 5.03. The van der Waals surface area contributed by atoms with Crippen molar-refractivity contribution in [1.82, 2.24) is 0 Å². The molecule has 2 heteroatoms. The summed E-state index contributed by atoms with van der Waals surface area (Å²) in [7, 11) is 0. The van der Waals surface area contributed by atoms with Crippen LogP contribution >= 0.6 is 0 Å². The summed E-state index contributed by atoms with van der Waals surface area (Å²) >= 11 is 0. The molecule has 0 spiro atoms. The maximum absolute atomic E-state index is 5.03. The molecule has 2 nitrogen and oxygen atoms in total. The summed E-state index contributed by atoms with van der Waals surface area (Å²) in [5, 5.41) is 3.81. The van der Waals surface area contributed by atoms with Gasteiger partial charge < -0.3 is 4.84 Å². The molecule has 0 heterocycles. The zero-order chi connectivity index (χ0) is 7.94. The minimum atomic E-state index is 0.541. The summed E-state index contributed by atoms with van der Waals surface area (Å²) in [5.41, 5.74) is 0. The molecular formula is C9H13NO. The lowest BCUT2D eigenvalue weighted by atomic mass is 9.87. The molecule has 0 aromatic rings. The van der Waals surface area contributed by atoms with Crippen LogP contribution in [0.25, 0.3) is 0 Å². The van der Waals surface area contributed by atoms with Crippen molar-refractivity contribution in [3.05, 3.63) is 0 Å². The molecule has 0 saturated heterocycles. The van der Waals surface area contributed by atoms with Gasteiger partial charge in [-0.3, -0.25) is 0 Å². The predicted octanol–water partition coefficient (Wildman–Crippen LogP) is 1.81. The van der Waals surface area contributed by atoms with E-state index in [1.54, 1.807) is 0 Å². The fraction of sp³-hybridized carbons (Fsp3) is 0.667. The average molecular weight is 151 g/mol. The van der Waals surface area contributed by atoms with Crippen molar-refractivity contribution in [3.8, 4) is 12.3 Å². The maximum Gasteiger partial charge on any atom is 0.128 e. The van der Waals surface area contributed by atoms with Gasteiger partial charge in [-0.25, -0.2) is 0 Å². The lowest BCUT2D eigenvalue weighted by Crippen LogP contribution is -2.11. The average Bonchev–Trinajstić information content (AvgIpc) is 1.93. The Hall–Kier alpha value is -0.970. The lowest BCUT2D eigenvalue weighted by Gasteiger charge is -2.19. The largest absolute Gasteiger partial charge is 0.395 e. The minimum absolute atomic E-state index is 0.541. The van der Waals surface area contributed by atoms with Crippen LogP contribution in [0.2, 0.25) is 0 Å². The van der Waals surface area contributed by atoms with Gasteiger partial charge in [0.05, 0.1) is 0 Å². The van der Waals surface area contributed by atoms with E-state index in [0.717, 1.165) is 0 Å². The van der Waals surface area contributed by atoms with Crippen molar-refractivity contribution in [2.75, 3.05) is 6.61 Å². The van der Waals surface area contributed by atoms with E-state index >= 15 is 0 Å². The summed E-state index contributed by atoms with van der Waals surface area (Å²) < 4.78 is 0. The Morgan fingerprint density at radius 3 is 3.00 bits per heavy atom. The van der Waals surface area contributed by atoms with E-state index in [0.29, 0.717) is 18.9 Å². The van der Waals surface area contributed by atoms with E-state index in [1.165, 1.54) is 19.3 Å². The Labute approximate surface area is 67.6 Å². The molecule has 60 valence electrons. The number of hydrogen-bond donors (Lipinski definition) is 0. The van der Waals surface area contributed by atoms with E-state index < -0.39 is 0 Å². The molecule has 0 unspecified atom stereocenters. The molecule has 11 heavy (non-hydrogen) atoms. The van der Waals surface area contributed by atoms with Crippen LogP contribution in [0.3, 0.4) is 0 Å². The first-order chi connectivity index (χ1) is 5.43. The first-order valence-electron chi connectivity index (χ1n) is 4.02. The molecule has 0 radical (unpaired) electrons. The zero-order valence-corrected chi connectivity index (χ0v) is 6.62. The van der Waals surface area contributed by atoms with Gasteiger partial charge in [0.25, 0.3) is 0 Å². The van der Waals surface area contributed by atoms with Crippen LogP contribution in [-0.4, -0.2) is 12.8 Å². The standard InChI is InChI=1S/C9H13NO/c1-2-3-7-11-10-8-9-5-4-6-9/h1,8-9H,3-7H2. The second-order valence-corrected chi connectivity index (χ2v) is 2.73. The smallest absolute Gasteiger partial charge is 0.128 e. The second kappa shape index (κ2) is 4.79. The summed E-state index contributed by atoms with van der Waals surface area (Å²) in [4.78, 5) is 4.91. The van der Waals surface area contributed by atoms with Gasteiger partial charge in [0.15, 0.2) is 0 Å². The van der Waals surface area contributed by atoms with E-state index in [4.69, 9.17) is 11.3 Å². The highest BCUT2D eigenvalue weighted by atomic mass is 16.6. The zero-order valence-electron chi connectivity index (χ0n) is 6.62. The highest BCUT2D eigenvalue weighted by Gasteiger charge is 2.14. The molecule has 0 bridgehead atoms. The van der Waals surface area contributed by atoms with Crippen LogP contribution in [0.15, 0.2) is 5.16 Å². The van der Waals surface area contributed by atoms with Crippen molar-refractivity contribution < 1.29 is 4.84 Å². The third kappa shape index (κ3) is 3.08. The van der Waals surface area contributed by atoms with Gasteiger partial charge in [-0.2, -0.15) is 0 Å². The van der Waals surface area contributed by atoms with Crippen molar-refractivity contribution in [1.29, 1.82) is 0 Å². The molecule has 0 aromatic carbocycles. The lowest BCUT2D eigenvalue weighted by molar-refractivity contribution is 0.149. The molecule has 1 aliphatic rings. The van der Waals surface area contributed by atoms with Gasteiger partial charge in [-0.05, 0) is 18.8 Å². The number of hydrogen-bond acceptors (Lipinski definition) is 2. The molecule has 1 saturated carbocycles. The molecule has 0 atom stereocenters. The topological polar surface area (TPSA) is 21.6 Å². The molecule has 1 fully saturated rings. The fourth-order valence-corrected chi connectivity index (χ4v) is 0.875. The normalized spacial score (nSPS) is 17.7. The fourth-order valence-electron chi connectivity index (χ4n) is 0.875. The molecule has 0 aromatic heterocycles. The number of nitrogens with zero attached hydrogens (tertiary/aromatic N) is 1. The van der Waals surface area contributed by atoms with Crippen LogP contribution in [0.5, 0.6) is 0 Å². The Balaban J connectivity index is 1.93. The first kappa shape index (κ1) is 8.13. The Morgan fingerprint density at radius 2 is 2.45 bits per heavy atom. The van der Waals surface area contributed by atoms with Gasteiger partial charge in [0.1, 0.15) is 6.61 Å². The van der Waals surface area contributed by atoms with E-state index in [1.807, 2.05) is 6.21 Å². The monoisotopic (exact) mass is 151 g/mol. The highest BCUT2D eigenvalue weighted by molar-refractivity contribution is 5.60. The summed E-state index contributed by atoms with van der Waals surface area (Å²) in [6.07, 6.45) is 11.4. The van der Waals surface area contributed by atoms with Crippen molar-refractivity contribution in [3.63, 3.8) is 0 Å². The van der Waals surface area contributed by atoms with Crippen molar-refractivity contribution >= 4 is 6.21 Å². The SMILES string of the molecule is C#CCCON=CC1CCC1. The summed E-state index contributed by atoms with van der Waals surface area (Å²) in [6, 6.07) is 0. The molecule has 0 amide bonds. The van der Waals surface area contributed by atoms with Crippen molar-refractivity contribution in [2.24, 2.45) is 11.1 Å². The molecular weight excluding hydrogens is 138 g/mol. The van der Waals surface area contributed by atoms with Crippen LogP contribution in [0.1, 0.15) is 25.7 Å². The Kier molecular flexibility index (Phi) is 3.54. The van der Waals surface area contributed by atoms with Crippen LogP contribution in [-0.2, 0) is 4.84 Å². The minimum Gasteiger partial charge on any atom is -0.395 e. The number of oxime groups is 1. The second-order valence-electron chi connectivity index (χ2n) is 2.73. The summed E-state index contributed by atoms with van der Waals surface area (Å²) in [5.74, 6) is 3.15. The van der Waals surface area contributed by atoms with Crippen LogP contribution in [0, 0.1) is 18.3 Å². The summed E-state index contributed by atoms with van der Waals surface area (Å²) in [6.45, 7) is 0.541. The first-order valence-corrected chi connectivity index (χ1v) is 4.02. The third-order valence-electron chi connectivity index (χ3n) is 1.83. The molecule has 1 rings (SSSR count). The highest BCUT2D eigenvalue weighted by Crippen LogP contribution is 2.23. The van der Waals surface area contributed by atoms with Gasteiger partial charge in [0.2, 0.25) is 0 Å². The van der Waals surface area contributed by atoms with Crippen LogP contribution < -0.4 is 0 Å². The van der Waals surface area contributed by atoms with Gasteiger partial charge in [0, 0.05) is 12.6 Å². The van der Waals surface area contributed by atoms with Crippen LogP contribution in [0.4, 0.5) is 0 Å². The molecule has 0 N–H and O–H groups in total. The third-order valence-corrected chi connectivity index (χ3v) is 1.83. The van der Waals surface area contributed by atoms with E-state index in [-0.39, 0.29) is 0 Å². The van der Waals surface area contributed by atoms with Gasteiger partial charge in [-0.1, -0.05) is 11.6 Å². The Bertz CT molecular complexity index is 165. The van der Waals surface area contributed by atoms with Gasteiger partial charge in [-0.15, -0.1) is 12.3 Å². The van der Waals surface area contributed by atoms with E-state index in [2.05, 4.69) is 11.1 Å². The number of rotatable bonds is 4. The molecule has 0 aliphatic heterocycles. The van der Waals surface area contributed by atoms with Crippen molar-refractivity contribution in [2.45, 2.75) is 25.7 Å². The van der Waals surface area contributed by atoms with E-state index in [9.17, 15) is 0 Å².